The molecule has 0 unspecified atom stereocenters. The summed E-state index contributed by atoms with van der Waals surface area (Å²) in [5.41, 5.74) is 0.387. The lowest BCUT2D eigenvalue weighted by molar-refractivity contribution is 0.00717. The Labute approximate surface area is 141 Å². The fourth-order valence-electron chi connectivity index (χ4n) is 2.99. The van der Waals surface area contributed by atoms with Gasteiger partial charge in [-0.3, -0.25) is 4.98 Å². The van der Waals surface area contributed by atoms with Crippen LogP contribution < -0.4 is 4.90 Å². The van der Waals surface area contributed by atoms with Gasteiger partial charge in [0.05, 0.1) is 17.6 Å². The first-order valence-corrected chi connectivity index (χ1v) is 8.21. The summed E-state index contributed by atoms with van der Waals surface area (Å²) >= 11 is 0. The minimum absolute atomic E-state index is 0.362. The number of anilines is 1. The molecular formula is C19H23FN2O2. The molecule has 1 aliphatic rings. The Balaban J connectivity index is 1.99. The average molecular weight is 330 g/mol. The van der Waals surface area contributed by atoms with E-state index in [2.05, 4.69) is 4.98 Å². The normalized spacial score (nSPS) is 21.3. The summed E-state index contributed by atoms with van der Waals surface area (Å²) in [6.07, 6.45) is 2.12. The Kier molecular flexibility index (Phi) is 3.98. The van der Waals surface area contributed by atoms with Crippen molar-refractivity contribution in [2.75, 3.05) is 18.0 Å². The van der Waals surface area contributed by atoms with E-state index in [0.717, 1.165) is 16.6 Å². The Morgan fingerprint density at radius 1 is 1.33 bits per heavy atom. The highest BCUT2D eigenvalue weighted by Gasteiger charge is 2.33. The lowest BCUT2D eigenvalue weighted by atomic mass is 10.1. The van der Waals surface area contributed by atoms with Crippen LogP contribution in [-0.4, -0.2) is 35.3 Å². The molecule has 2 aromatic rings. The Bertz CT molecular complexity index is 781. The number of pyridine rings is 1. The molecule has 0 aliphatic carbocycles. The van der Waals surface area contributed by atoms with Crippen LogP contribution in [0, 0.1) is 0 Å². The lowest BCUT2D eigenvalue weighted by Crippen LogP contribution is -2.26. The van der Waals surface area contributed by atoms with E-state index in [0.29, 0.717) is 25.1 Å². The molecule has 3 rings (SSSR count). The zero-order valence-electron chi connectivity index (χ0n) is 14.6. The molecule has 1 saturated heterocycles. The molecule has 1 atom stereocenters. The zero-order valence-corrected chi connectivity index (χ0v) is 14.6. The first-order valence-electron chi connectivity index (χ1n) is 8.21. The molecule has 0 bridgehead atoms. The van der Waals surface area contributed by atoms with Crippen LogP contribution in [0.25, 0.3) is 10.9 Å². The Morgan fingerprint density at radius 3 is 2.71 bits per heavy atom. The number of carbonyl (C=O) groups excluding carboxylic acids is 1. The van der Waals surface area contributed by atoms with Crippen molar-refractivity contribution >= 4 is 22.6 Å². The monoisotopic (exact) mass is 330 g/mol. The molecular weight excluding hydrogens is 307 g/mol. The van der Waals surface area contributed by atoms with Crippen LogP contribution in [0.1, 0.15) is 44.5 Å². The number of aromatic nitrogens is 1. The SMILES string of the molecule is CC(C)(C)OC(=O)c1ccnc2ccc(N3CC[C@](C)(F)C3)cc12. The summed E-state index contributed by atoms with van der Waals surface area (Å²) in [5, 5.41) is 0.733. The molecule has 1 aliphatic heterocycles. The fourth-order valence-corrected chi connectivity index (χ4v) is 2.99. The smallest absolute Gasteiger partial charge is 0.339 e. The molecule has 0 spiro atoms. The van der Waals surface area contributed by atoms with Crippen LogP contribution in [0.2, 0.25) is 0 Å². The third-order valence-electron chi connectivity index (χ3n) is 4.13. The van der Waals surface area contributed by atoms with Crippen molar-refractivity contribution in [2.24, 2.45) is 0 Å². The summed E-state index contributed by atoms with van der Waals surface area (Å²) in [5.74, 6) is -0.371. The third kappa shape index (κ3) is 3.50. The summed E-state index contributed by atoms with van der Waals surface area (Å²) in [7, 11) is 0. The van der Waals surface area contributed by atoms with Crippen molar-refractivity contribution < 1.29 is 13.9 Å². The first-order chi connectivity index (χ1) is 11.1. The lowest BCUT2D eigenvalue weighted by Gasteiger charge is -2.21. The number of hydrogen-bond acceptors (Lipinski definition) is 4. The quantitative estimate of drug-likeness (QED) is 0.777. The first kappa shape index (κ1) is 16.7. The van der Waals surface area contributed by atoms with Crippen LogP contribution in [0.15, 0.2) is 30.5 Å². The maximum Gasteiger partial charge on any atom is 0.339 e. The number of benzene rings is 1. The van der Waals surface area contributed by atoms with Gasteiger partial charge in [-0.15, -0.1) is 0 Å². The Hall–Kier alpha value is -2.17. The molecule has 1 aromatic heterocycles. The van der Waals surface area contributed by atoms with Crippen molar-refractivity contribution in [3.63, 3.8) is 0 Å². The highest BCUT2D eigenvalue weighted by molar-refractivity contribution is 6.04. The number of carbonyl (C=O) groups is 1. The van der Waals surface area contributed by atoms with Crippen LogP contribution in [0.4, 0.5) is 10.1 Å². The predicted molar refractivity (Wildman–Crippen MR) is 93.3 cm³/mol. The van der Waals surface area contributed by atoms with Gasteiger partial charge in [-0.25, -0.2) is 9.18 Å². The molecule has 128 valence electrons. The van der Waals surface area contributed by atoms with Gasteiger partial charge >= 0.3 is 5.97 Å². The van der Waals surface area contributed by atoms with E-state index in [1.54, 1.807) is 19.2 Å². The van der Waals surface area contributed by atoms with Gasteiger partial charge in [-0.05, 0) is 52.0 Å². The maximum atomic E-state index is 14.1. The Morgan fingerprint density at radius 2 is 2.08 bits per heavy atom. The molecule has 1 fully saturated rings. The number of ether oxygens (including phenoxy) is 1. The molecule has 1 aromatic carbocycles. The van der Waals surface area contributed by atoms with E-state index in [-0.39, 0.29) is 5.97 Å². The van der Waals surface area contributed by atoms with Gasteiger partial charge in [0.1, 0.15) is 11.3 Å². The number of alkyl halides is 1. The van der Waals surface area contributed by atoms with Crippen LogP contribution in [0.5, 0.6) is 0 Å². The van der Waals surface area contributed by atoms with Gasteiger partial charge in [0.25, 0.3) is 0 Å². The van der Waals surface area contributed by atoms with Gasteiger partial charge in [0, 0.05) is 30.2 Å². The molecule has 2 heterocycles. The standard InChI is InChI=1S/C19H23FN2O2/c1-18(2,3)24-17(23)14-7-9-21-16-6-5-13(11-15(14)16)22-10-8-19(4,20)12-22/h5-7,9,11H,8,10,12H2,1-4H3/t19-/m0/s1. The summed E-state index contributed by atoms with van der Waals surface area (Å²) in [4.78, 5) is 18.8. The summed E-state index contributed by atoms with van der Waals surface area (Å²) < 4.78 is 19.6. The highest BCUT2D eigenvalue weighted by Crippen LogP contribution is 2.31. The summed E-state index contributed by atoms with van der Waals surface area (Å²) in [6, 6.07) is 7.37. The highest BCUT2D eigenvalue weighted by atomic mass is 19.1. The van der Waals surface area contributed by atoms with Gasteiger partial charge < -0.3 is 9.64 Å². The number of nitrogens with zero attached hydrogens (tertiary/aromatic N) is 2. The second-order valence-corrected chi connectivity index (χ2v) is 7.65. The minimum atomic E-state index is -1.17. The average Bonchev–Trinajstić information content (AvgIpc) is 2.84. The number of esters is 1. The number of halogens is 1. The van der Waals surface area contributed by atoms with Crippen LogP contribution in [-0.2, 0) is 4.74 Å². The fraction of sp³-hybridized carbons (Fsp3) is 0.474. The summed E-state index contributed by atoms with van der Waals surface area (Å²) in [6.45, 7) is 8.17. The predicted octanol–water partition coefficient (Wildman–Crippen LogP) is 4.13. The second kappa shape index (κ2) is 5.72. The number of rotatable bonds is 2. The van der Waals surface area contributed by atoms with E-state index in [4.69, 9.17) is 4.74 Å². The number of fused-ring (bicyclic) bond motifs is 1. The minimum Gasteiger partial charge on any atom is -0.456 e. The molecule has 5 heteroatoms. The largest absolute Gasteiger partial charge is 0.456 e. The van der Waals surface area contributed by atoms with E-state index in [1.807, 2.05) is 43.9 Å². The molecule has 4 nitrogen and oxygen atoms in total. The molecule has 24 heavy (non-hydrogen) atoms. The van der Waals surface area contributed by atoms with E-state index in [1.165, 1.54) is 0 Å². The van der Waals surface area contributed by atoms with Gasteiger partial charge in [0.2, 0.25) is 0 Å². The second-order valence-electron chi connectivity index (χ2n) is 7.65. The number of hydrogen-bond donors (Lipinski definition) is 0. The van der Waals surface area contributed by atoms with Crippen LogP contribution >= 0.6 is 0 Å². The van der Waals surface area contributed by atoms with Crippen molar-refractivity contribution in [3.05, 3.63) is 36.0 Å². The van der Waals surface area contributed by atoms with Gasteiger partial charge in [-0.1, -0.05) is 0 Å². The van der Waals surface area contributed by atoms with Crippen molar-refractivity contribution in [1.82, 2.24) is 4.98 Å². The van der Waals surface area contributed by atoms with E-state index < -0.39 is 11.3 Å². The van der Waals surface area contributed by atoms with Crippen LogP contribution in [0.3, 0.4) is 0 Å². The zero-order chi connectivity index (χ0) is 17.5. The van der Waals surface area contributed by atoms with Crippen molar-refractivity contribution in [2.45, 2.75) is 45.4 Å². The van der Waals surface area contributed by atoms with E-state index in [9.17, 15) is 9.18 Å². The molecule has 0 saturated carbocycles. The molecule has 0 radical (unpaired) electrons. The van der Waals surface area contributed by atoms with E-state index >= 15 is 0 Å². The van der Waals surface area contributed by atoms with Gasteiger partial charge in [-0.2, -0.15) is 0 Å². The van der Waals surface area contributed by atoms with Crippen molar-refractivity contribution in [3.8, 4) is 0 Å². The molecule has 0 N–H and O–H groups in total. The third-order valence-corrected chi connectivity index (χ3v) is 4.13. The maximum absolute atomic E-state index is 14.1. The van der Waals surface area contributed by atoms with Crippen molar-refractivity contribution in [1.29, 1.82) is 0 Å². The molecule has 0 amide bonds. The van der Waals surface area contributed by atoms with Gasteiger partial charge in [0.15, 0.2) is 0 Å². The topological polar surface area (TPSA) is 42.4 Å².